The smallest absolute Gasteiger partial charge is 0.246 e. The molecule has 0 aromatic heterocycles. The second-order valence-corrected chi connectivity index (χ2v) is 7.50. The molecule has 6 heteroatoms. The van der Waals surface area contributed by atoms with E-state index < -0.39 is 6.04 Å². The molecular weight excluding hydrogens is 393 g/mol. The second-order valence-electron chi connectivity index (χ2n) is 7.50. The van der Waals surface area contributed by atoms with Gasteiger partial charge in [0.15, 0.2) is 0 Å². The third-order valence-corrected chi connectivity index (χ3v) is 5.58. The van der Waals surface area contributed by atoms with Crippen LogP contribution in [0.15, 0.2) is 78.9 Å². The van der Waals surface area contributed by atoms with Gasteiger partial charge < -0.3 is 15.0 Å². The molecule has 0 saturated carbocycles. The molecular formula is C25H26FN3O2. The molecule has 0 bridgehead atoms. The lowest BCUT2D eigenvalue weighted by Crippen LogP contribution is -2.50. The number of nitrogens with zero attached hydrogens (tertiary/aromatic N) is 2. The number of methoxy groups -OCH3 is 1. The molecule has 1 N–H and O–H groups in total. The first-order valence-electron chi connectivity index (χ1n) is 10.4. The van der Waals surface area contributed by atoms with Gasteiger partial charge in [0, 0.05) is 31.9 Å². The summed E-state index contributed by atoms with van der Waals surface area (Å²) in [6.07, 6.45) is 0. The summed E-state index contributed by atoms with van der Waals surface area (Å²) in [5.41, 5.74) is 2.59. The number of para-hydroxylation sites is 2. The number of nitrogens with one attached hydrogen (secondary N) is 1. The first kappa shape index (κ1) is 20.9. The van der Waals surface area contributed by atoms with Crippen molar-refractivity contribution in [1.29, 1.82) is 0 Å². The third kappa shape index (κ3) is 4.86. The molecule has 160 valence electrons. The average Bonchev–Trinajstić information content (AvgIpc) is 2.82. The van der Waals surface area contributed by atoms with Gasteiger partial charge in [-0.1, -0.05) is 42.5 Å². The Bertz CT molecular complexity index is 1000. The highest BCUT2D eigenvalue weighted by atomic mass is 19.1. The highest BCUT2D eigenvalue weighted by molar-refractivity contribution is 5.95. The number of ether oxygens (including phenoxy) is 1. The van der Waals surface area contributed by atoms with E-state index in [0.717, 1.165) is 43.2 Å². The van der Waals surface area contributed by atoms with Gasteiger partial charge >= 0.3 is 0 Å². The lowest BCUT2D eigenvalue weighted by Gasteiger charge is -2.40. The van der Waals surface area contributed by atoms with Gasteiger partial charge in [0.2, 0.25) is 5.91 Å². The standard InChI is InChI=1S/C25H26FN3O2/c1-31-23-10-6-5-9-22(23)28-15-17-29(18-16-28)24(19-7-3-2-4-8-19)25(30)27-21-13-11-20(26)12-14-21/h2-14,24H,15-18H2,1H3,(H,27,30)/t24-/m0/s1. The summed E-state index contributed by atoms with van der Waals surface area (Å²) in [4.78, 5) is 17.8. The molecule has 5 nitrogen and oxygen atoms in total. The van der Waals surface area contributed by atoms with E-state index in [1.807, 2.05) is 48.5 Å². The van der Waals surface area contributed by atoms with Crippen LogP contribution in [0.1, 0.15) is 11.6 Å². The second kappa shape index (κ2) is 9.62. The molecule has 1 aliphatic rings. The van der Waals surface area contributed by atoms with Crippen LogP contribution >= 0.6 is 0 Å². The number of hydrogen-bond donors (Lipinski definition) is 1. The number of amides is 1. The summed E-state index contributed by atoms with van der Waals surface area (Å²) in [5, 5.41) is 2.95. The van der Waals surface area contributed by atoms with Gasteiger partial charge in [-0.2, -0.15) is 0 Å². The fourth-order valence-electron chi connectivity index (χ4n) is 4.02. The van der Waals surface area contributed by atoms with Crippen molar-refractivity contribution < 1.29 is 13.9 Å². The molecule has 1 saturated heterocycles. The summed E-state index contributed by atoms with van der Waals surface area (Å²) < 4.78 is 18.7. The average molecular weight is 420 g/mol. The van der Waals surface area contributed by atoms with Crippen LogP contribution in [-0.2, 0) is 4.79 Å². The van der Waals surface area contributed by atoms with Crippen LogP contribution in [0.25, 0.3) is 0 Å². The summed E-state index contributed by atoms with van der Waals surface area (Å²) in [6, 6.07) is 23.2. The van der Waals surface area contributed by atoms with E-state index in [2.05, 4.69) is 21.2 Å². The molecule has 0 spiro atoms. The zero-order valence-corrected chi connectivity index (χ0v) is 17.5. The summed E-state index contributed by atoms with van der Waals surface area (Å²) >= 11 is 0. The van der Waals surface area contributed by atoms with Gasteiger partial charge in [0.1, 0.15) is 17.6 Å². The number of rotatable bonds is 6. The van der Waals surface area contributed by atoms with Crippen molar-refractivity contribution in [3.8, 4) is 5.75 Å². The summed E-state index contributed by atoms with van der Waals surface area (Å²) in [5.74, 6) is 0.401. The molecule has 3 aromatic rings. The van der Waals surface area contributed by atoms with Crippen LogP contribution in [0.5, 0.6) is 5.75 Å². The van der Waals surface area contributed by atoms with Crippen molar-refractivity contribution in [2.75, 3.05) is 43.5 Å². The Kier molecular flexibility index (Phi) is 6.48. The molecule has 0 unspecified atom stereocenters. The van der Waals surface area contributed by atoms with Crippen LogP contribution in [0.2, 0.25) is 0 Å². The zero-order valence-electron chi connectivity index (χ0n) is 17.5. The molecule has 31 heavy (non-hydrogen) atoms. The number of halogens is 1. The van der Waals surface area contributed by atoms with Gasteiger partial charge in [-0.3, -0.25) is 9.69 Å². The minimum absolute atomic E-state index is 0.122. The third-order valence-electron chi connectivity index (χ3n) is 5.58. The summed E-state index contributed by atoms with van der Waals surface area (Å²) in [6.45, 7) is 3.03. The van der Waals surface area contributed by atoms with Crippen LogP contribution in [-0.4, -0.2) is 44.1 Å². The molecule has 1 amide bonds. The first-order valence-corrected chi connectivity index (χ1v) is 10.4. The van der Waals surface area contributed by atoms with Gasteiger partial charge in [0.25, 0.3) is 0 Å². The Hall–Kier alpha value is -3.38. The molecule has 0 aliphatic carbocycles. The number of benzene rings is 3. The Morgan fingerprint density at radius 3 is 2.23 bits per heavy atom. The fraction of sp³-hybridized carbons (Fsp3) is 0.240. The Morgan fingerprint density at radius 2 is 1.55 bits per heavy atom. The minimum atomic E-state index is -0.425. The predicted molar refractivity (Wildman–Crippen MR) is 121 cm³/mol. The van der Waals surface area contributed by atoms with E-state index in [1.54, 1.807) is 19.2 Å². The van der Waals surface area contributed by atoms with E-state index in [-0.39, 0.29) is 11.7 Å². The van der Waals surface area contributed by atoms with Gasteiger partial charge in [0.05, 0.1) is 12.8 Å². The SMILES string of the molecule is COc1ccccc1N1CCN([C@H](C(=O)Nc2ccc(F)cc2)c2ccccc2)CC1. The molecule has 0 radical (unpaired) electrons. The lowest BCUT2D eigenvalue weighted by molar-refractivity contribution is -0.121. The van der Waals surface area contributed by atoms with E-state index in [9.17, 15) is 9.18 Å². The molecule has 3 aromatic carbocycles. The first-order chi connectivity index (χ1) is 15.2. The predicted octanol–water partition coefficient (Wildman–Crippen LogP) is 4.34. The fourth-order valence-corrected chi connectivity index (χ4v) is 4.02. The maximum absolute atomic E-state index is 13.3. The molecule has 4 rings (SSSR count). The highest BCUT2D eigenvalue weighted by Crippen LogP contribution is 2.30. The van der Waals surface area contributed by atoms with Crippen molar-refractivity contribution in [2.45, 2.75) is 6.04 Å². The van der Waals surface area contributed by atoms with Gasteiger partial charge in [-0.05, 0) is 42.0 Å². The van der Waals surface area contributed by atoms with Crippen LogP contribution in [0, 0.1) is 5.82 Å². The van der Waals surface area contributed by atoms with Gasteiger partial charge in [-0.15, -0.1) is 0 Å². The Balaban J connectivity index is 1.51. The van der Waals surface area contributed by atoms with E-state index in [4.69, 9.17) is 4.74 Å². The number of carbonyl (C=O) groups is 1. The van der Waals surface area contributed by atoms with Crippen molar-refractivity contribution >= 4 is 17.3 Å². The van der Waals surface area contributed by atoms with E-state index >= 15 is 0 Å². The number of piperazine rings is 1. The number of carbonyl (C=O) groups excluding carboxylic acids is 1. The Labute approximate surface area is 182 Å². The molecule has 1 atom stereocenters. The summed E-state index contributed by atoms with van der Waals surface area (Å²) in [7, 11) is 1.68. The maximum atomic E-state index is 13.3. The quantitative estimate of drug-likeness (QED) is 0.646. The topological polar surface area (TPSA) is 44.8 Å². The largest absolute Gasteiger partial charge is 0.495 e. The van der Waals surface area contributed by atoms with E-state index in [1.165, 1.54) is 12.1 Å². The van der Waals surface area contributed by atoms with Crippen molar-refractivity contribution in [3.63, 3.8) is 0 Å². The highest BCUT2D eigenvalue weighted by Gasteiger charge is 2.31. The normalized spacial score (nSPS) is 15.4. The number of anilines is 2. The van der Waals surface area contributed by atoms with Crippen LogP contribution in [0.3, 0.4) is 0 Å². The number of hydrogen-bond acceptors (Lipinski definition) is 4. The lowest BCUT2D eigenvalue weighted by atomic mass is 10.0. The van der Waals surface area contributed by atoms with Crippen molar-refractivity contribution in [2.24, 2.45) is 0 Å². The minimum Gasteiger partial charge on any atom is -0.495 e. The molecule has 1 heterocycles. The van der Waals surface area contributed by atoms with Crippen molar-refractivity contribution in [1.82, 2.24) is 4.90 Å². The monoisotopic (exact) mass is 419 g/mol. The maximum Gasteiger partial charge on any atom is 0.246 e. The van der Waals surface area contributed by atoms with E-state index in [0.29, 0.717) is 5.69 Å². The Morgan fingerprint density at radius 1 is 0.903 bits per heavy atom. The van der Waals surface area contributed by atoms with Gasteiger partial charge in [-0.25, -0.2) is 4.39 Å². The molecule has 1 aliphatic heterocycles. The van der Waals surface area contributed by atoms with Crippen LogP contribution in [0.4, 0.5) is 15.8 Å². The zero-order chi connectivity index (χ0) is 21.6. The molecule has 1 fully saturated rings. The van der Waals surface area contributed by atoms with Crippen LogP contribution < -0.4 is 15.0 Å². The van der Waals surface area contributed by atoms with Crippen molar-refractivity contribution in [3.05, 3.63) is 90.2 Å².